The Morgan fingerprint density at radius 3 is 2.60 bits per heavy atom. The van der Waals surface area contributed by atoms with Crippen LogP contribution in [0.5, 0.6) is 0 Å². The fourth-order valence-corrected chi connectivity index (χ4v) is 2.45. The maximum atomic E-state index is 13.6. The quantitative estimate of drug-likeness (QED) is 0.541. The van der Waals surface area contributed by atoms with Crippen LogP contribution in [0, 0.1) is 5.82 Å². The Kier molecular flexibility index (Phi) is 3.66. The second kappa shape index (κ2) is 6.12. The van der Waals surface area contributed by atoms with Gasteiger partial charge in [-0.1, -0.05) is 36.4 Å². The number of hydrogen-bond acceptors (Lipinski definition) is 4. The molecule has 122 valence electrons. The van der Waals surface area contributed by atoms with E-state index in [0.717, 1.165) is 10.4 Å². The van der Waals surface area contributed by atoms with Crippen LogP contribution in [0.2, 0.25) is 0 Å². The summed E-state index contributed by atoms with van der Waals surface area (Å²) in [7, 11) is 0. The summed E-state index contributed by atoms with van der Waals surface area (Å²) in [5.74, 6) is -0.412. The van der Waals surface area contributed by atoms with Crippen LogP contribution < -0.4 is 5.56 Å². The molecule has 0 aliphatic heterocycles. The smallest absolute Gasteiger partial charge is 0.266 e. The second-order valence-electron chi connectivity index (χ2n) is 5.29. The molecular weight excluding hydrogens is 321 g/mol. The molecule has 0 radical (unpaired) electrons. The third-order valence-electron chi connectivity index (χ3n) is 3.70. The molecule has 0 amide bonds. The largest absolute Gasteiger partial charge is 0.285 e. The summed E-state index contributed by atoms with van der Waals surface area (Å²) >= 11 is 0. The van der Waals surface area contributed by atoms with E-state index in [1.165, 1.54) is 24.8 Å². The topological polar surface area (TPSA) is 65.1 Å². The van der Waals surface area contributed by atoms with Crippen molar-refractivity contribution in [2.24, 2.45) is 5.10 Å². The molecule has 6 nitrogen and oxygen atoms in total. The minimum Gasteiger partial charge on any atom is -0.266 e. The fraction of sp³-hybridized carbons (Fsp3) is 0. The average molecular weight is 333 g/mol. The van der Waals surface area contributed by atoms with Crippen LogP contribution in [0.15, 0.2) is 77.0 Å². The van der Waals surface area contributed by atoms with Crippen molar-refractivity contribution in [3.63, 3.8) is 0 Å². The number of fused-ring (bicyclic) bond motifs is 1. The zero-order valence-corrected chi connectivity index (χ0v) is 13.0. The highest BCUT2D eigenvalue weighted by atomic mass is 19.1. The van der Waals surface area contributed by atoms with E-state index in [0.29, 0.717) is 11.0 Å². The average Bonchev–Trinajstić information content (AvgIpc) is 3.08. The molecule has 25 heavy (non-hydrogen) atoms. The van der Waals surface area contributed by atoms with E-state index in [9.17, 15) is 9.18 Å². The van der Waals surface area contributed by atoms with Crippen molar-refractivity contribution < 1.29 is 4.39 Å². The van der Waals surface area contributed by atoms with Gasteiger partial charge >= 0.3 is 0 Å². The first-order valence-corrected chi connectivity index (χ1v) is 7.54. The molecule has 0 spiro atoms. The normalized spacial score (nSPS) is 11.4. The van der Waals surface area contributed by atoms with Gasteiger partial charge in [-0.3, -0.25) is 4.79 Å². The zero-order valence-electron chi connectivity index (χ0n) is 13.0. The van der Waals surface area contributed by atoms with E-state index in [4.69, 9.17) is 0 Å². The van der Waals surface area contributed by atoms with Crippen molar-refractivity contribution in [2.45, 2.75) is 0 Å². The zero-order chi connectivity index (χ0) is 17.2. The van der Waals surface area contributed by atoms with Crippen LogP contribution in [0.4, 0.5) is 4.39 Å². The fourth-order valence-electron chi connectivity index (χ4n) is 2.45. The highest BCUT2D eigenvalue weighted by Crippen LogP contribution is 2.13. The van der Waals surface area contributed by atoms with Crippen LogP contribution >= 0.6 is 0 Å². The third-order valence-corrected chi connectivity index (χ3v) is 3.70. The van der Waals surface area contributed by atoms with Gasteiger partial charge < -0.3 is 0 Å². The van der Waals surface area contributed by atoms with Crippen molar-refractivity contribution in [3.8, 4) is 5.69 Å². The van der Waals surface area contributed by atoms with Gasteiger partial charge in [0.25, 0.3) is 5.56 Å². The van der Waals surface area contributed by atoms with Crippen molar-refractivity contribution in [2.75, 3.05) is 0 Å². The van der Waals surface area contributed by atoms with Crippen LogP contribution in [-0.4, -0.2) is 25.7 Å². The van der Waals surface area contributed by atoms with Crippen LogP contribution in [0.25, 0.3) is 16.7 Å². The Labute approximate surface area is 141 Å². The van der Waals surface area contributed by atoms with Gasteiger partial charge in [-0.05, 0) is 18.2 Å². The molecule has 0 bridgehead atoms. The minimum atomic E-state index is -0.412. The highest BCUT2D eigenvalue weighted by molar-refractivity contribution is 5.80. The van der Waals surface area contributed by atoms with E-state index in [2.05, 4.69) is 15.2 Å². The predicted octanol–water partition coefficient (Wildman–Crippen LogP) is 2.60. The van der Waals surface area contributed by atoms with E-state index in [1.54, 1.807) is 22.9 Å². The number of halogens is 1. The number of para-hydroxylation sites is 1. The lowest BCUT2D eigenvalue weighted by Gasteiger charge is -2.02. The van der Waals surface area contributed by atoms with E-state index < -0.39 is 5.82 Å². The number of hydrogen-bond donors (Lipinski definition) is 0. The van der Waals surface area contributed by atoms with E-state index >= 15 is 0 Å². The predicted molar refractivity (Wildman–Crippen MR) is 92.5 cm³/mol. The maximum Gasteiger partial charge on any atom is 0.285 e. The van der Waals surface area contributed by atoms with Gasteiger partial charge in [-0.2, -0.15) is 14.9 Å². The molecule has 0 aliphatic carbocycles. The molecule has 4 rings (SSSR count). The van der Waals surface area contributed by atoms with Gasteiger partial charge in [0.15, 0.2) is 5.65 Å². The molecular formula is C18H12FN5O. The van der Waals surface area contributed by atoms with Crippen molar-refractivity contribution in [1.82, 2.24) is 19.4 Å². The number of aromatic nitrogens is 4. The summed E-state index contributed by atoms with van der Waals surface area (Å²) in [5, 5.41) is 8.57. The van der Waals surface area contributed by atoms with Gasteiger partial charge in [0.2, 0.25) is 0 Å². The van der Waals surface area contributed by atoms with Gasteiger partial charge in [-0.25, -0.2) is 14.1 Å². The number of rotatable bonds is 3. The summed E-state index contributed by atoms with van der Waals surface area (Å²) in [6.45, 7) is 0. The second-order valence-corrected chi connectivity index (χ2v) is 5.29. The molecule has 0 atom stereocenters. The van der Waals surface area contributed by atoms with Crippen LogP contribution in [0.1, 0.15) is 5.56 Å². The van der Waals surface area contributed by atoms with Crippen molar-refractivity contribution >= 4 is 17.2 Å². The molecule has 4 aromatic rings. The van der Waals surface area contributed by atoms with Crippen LogP contribution in [-0.2, 0) is 0 Å². The monoisotopic (exact) mass is 333 g/mol. The van der Waals surface area contributed by atoms with Crippen LogP contribution in [0.3, 0.4) is 0 Å². The Bertz CT molecular complexity index is 1130. The van der Waals surface area contributed by atoms with E-state index in [1.807, 2.05) is 30.3 Å². The molecule has 0 unspecified atom stereocenters. The molecule has 0 aliphatic rings. The lowest BCUT2D eigenvalue weighted by Crippen LogP contribution is -2.17. The SMILES string of the molecule is O=c1c2cnn(-c3ccccc3)c2ncn1/N=C\c1ccccc1F. The first-order chi connectivity index (χ1) is 12.2. The summed E-state index contributed by atoms with van der Waals surface area (Å²) in [4.78, 5) is 16.8. The molecule has 2 aromatic carbocycles. The summed E-state index contributed by atoms with van der Waals surface area (Å²) in [5.41, 5.74) is 1.15. The maximum absolute atomic E-state index is 13.6. The molecule has 2 aromatic heterocycles. The van der Waals surface area contributed by atoms with Gasteiger partial charge in [0.1, 0.15) is 17.5 Å². The third kappa shape index (κ3) is 2.72. The Hall–Kier alpha value is -3.61. The molecule has 0 N–H and O–H groups in total. The van der Waals surface area contributed by atoms with Gasteiger partial charge in [-0.15, -0.1) is 0 Å². The molecule has 0 saturated carbocycles. The minimum absolute atomic E-state index is 0.287. The molecule has 2 heterocycles. The Morgan fingerprint density at radius 1 is 1.04 bits per heavy atom. The van der Waals surface area contributed by atoms with Crippen molar-refractivity contribution in [1.29, 1.82) is 0 Å². The Balaban J connectivity index is 1.77. The standard InChI is InChI=1S/C18H12FN5O/c19-16-9-5-4-6-13(16)10-21-23-12-20-17-15(18(23)25)11-22-24(17)14-7-2-1-3-8-14/h1-12H/b21-10-. The molecule has 0 saturated heterocycles. The number of benzene rings is 2. The Morgan fingerprint density at radius 2 is 1.80 bits per heavy atom. The van der Waals surface area contributed by atoms with Gasteiger partial charge in [0.05, 0.1) is 18.1 Å². The van der Waals surface area contributed by atoms with E-state index in [-0.39, 0.29) is 11.1 Å². The lowest BCUT2D eigenvalue weighted by atomic mass is 10.2. The first kappa shape index (κ1) is 14.9. The molecule has 7 heteroatoms. The van der Waals surface area contributed by atoms with Gasteiger partial charge in [0, 0.05) is 5.56 Å². The summed E-state index contributed by atoms with van der Waals surface area (Å²) in [6, 6.07) is 15.6. The van der Waals surface area contributed by atoms with Crippen molar-refractivity contribution in [3.05, 3.63) is 88.9 Å². The summed E-state index contributed by atoms with van der Waals surface area (Å²) < 4.78 is 16.3. The highest BCUT2D eigenvalue weighted by Gasteiger charge is 2.10. The summed E-state index contributed by atoms with van der Waals surface area (Å²) in [6.07, 6.45) is 4.03. The number of nitrogens with zero attached hydrogens (tertiary/aromatic N) is 5. The molecule has 0 fully saturated rings. The lowest BCUT2D eigenvalue weighted by molar-refractivity contribution is 0.625. The first-order valence-electron chi connectivity index (χ1n) is 7.54.